The van der Waals surface area contributed by atoms with Gasteiger partial charge in [-0.15, -0.1) is 0 Å². The number of hydrogen-bond acceptors (Lipinski definition) is 4. The van der Waals surface area contributed by atoms with Gasteiger partial charge in [0, 0.05) is 24.5 Å². The quantitative estimate of drug-likeness (QED) is 0.548. The van der Waals surface area contributed by atoms with E-state index < -0.39 is 21.3 Å². The molecular formula is C24H30F2N2O4S. The zero-order valence-corrected chi connectivity index (χ0v) is 19.7. The Labute approximate surface area is 194 Å². The van der Waals surface area contributed by atoms with Gasteiger partial charge in [-0.1, -0.05) is 19.9 Å². The largest absolute Gasteiger partial charge is 0.494 e. The molecule has 1 heterocycles. The molecule has 0 radical (unpaired) electrons. The first-order valence-corrected chi connectivity index (χ1v) is 12.5. The standard InChI is InChI=1S/C24H30F2N2O4S/c1-24(2,13-4-16-32-21-9-7-18(25)8-10-21)23(29)27-20-11-14-28(15-12-20)33(30,31)22-6-3-5-19(26)17-22/h3,5-10,17,20H,4,11-16H2,1-2H3,(H,27,29). The van der Waals surface area contributed by atoms with Gasteiger partial charge in [-0.25, -0.2) is 17.2 Å². The van der Waals surface area contributed by atoms with E-state index in [1.807, 2.05) is 13.8 Å². The van der Waals surface area contributed by atoms with Crippen LogP contribution in [0.3, 0.4) is 0 Å². The van der Waals surface area contributed by atoms with E-state index in [0.29, 0.717) is 38.0 Å². The van der Waals surface area contributed by atoms with Crippen molar-refractivity contribution in [2.24, 2.45) is 5.41 Å². The first-order chi connectivity index (χ1) is 15.6. The highest BCUT2D eigenvalue weighted by atomic mass is 32.2. The van der Waals surface area contributed by atoms with Crippen LogP contribution in [0.5, 0.6) is 5.75 Å². The first-order valence-electron chi connectivity index (χ1n) is 11.0. The number of carbonyl (C=O) groups excluding carboxylic acids is 1. The first kappa shape index (κ1) is 25.1. The average molecular weight is 481 g/mol. The number of piperidine rings is 1. The van der Waals surface area contributed by atoms with Gasteiger partial charge in [0.2, 0.25) is 15.9 Å². The van der Waals surface area contributed by atoms with E-state index in [0.717, 1.165) is 6.07 Å². The normalized spacial score (nSPS) is 15.9. The number of ether oxygens (including phenoxy) is 1. The van der Waals surface area contributed by atoms with Crippen molar-refractivity contribution < 1.29 is 26.7 Å². The van der Waals surface area contributed by atoms with Crippen molar-refractivity contribution in [2.45, 2.75) is 50.5 Å². The van der Waals surface area contributed by atoms with Crippen LogP contribution in [0.1, 0.15) is 39.5 Å². The summed E-state index contributed by atoms with van der Waals surface area (Å²) in [6.45, 7) is 4.66. The van der Waals surface area contributed by atoms with Crippen molar-refractivity contribution in [2.75, 3.05) is 19.7 Å². The van der Waals surface area contributed by atoms with Crippen molar-refractivity contribution in [1.82, 2.24) is 9.62 Å². The third-order valence-corrected chi connectivity index (χ3v) is 7.76. The Bertz CT molecular complexity index is 1050. The number of rotatable bonds is 9. The summed E-state index contributed by atoms with van der Waals surface area (Å²) in [5, 5.41) is 3.04. The molecule has 1 amide bonds. The van der Waals surface area contributed by atoms with E-state index in [2.05, 4.69) is 5.32 Å². The van der Waals surface area contributed by atoms with Crippen LogP contribution in [0.25, 0.3) is 0 Å². The minimum absolute atomic E-state index is 0.0611. The average Bonchev–Trinajstić information content (AvgIpc) is 2.78. The summed E-state index contributed by atoms with van der Waals surface area (Å²) in [6, 6.07) is 10.7. The number of benzene rings is 2. The SMILES string of the molecule is CC(C)(CCCOc1ccc(F)cc1)C(=O)NC1CCN(S(=O)(=O)c2cccc(F)c2)CC1. The lowest BCUT2D eigenvalue weighted by atomic mass is 9.86. The summed E-state index contributed by atoms with van der Waals surface area (Å²) in [4.78, 5) is 12.7. The van der Waals surface area contributed by atoms with Gasteiger partial charge in [0.1, 0.15) is 17.4 Å². The lowest BCUT2D eigenvalue weighted by Crippen LogP contribution is -2.49. The zero-order valence-electron chi connectivity index (χ0n) is 18.9. The second kappa shape index (κ2) is 10.6. The number of carbonyl (C=O) groups is 1. The highest BCUT2D eigenvalue weighted by molar-refractivity contribution is 7.89. The maximum Gasteiger partial charge on any atom is 0.243 e. The molecule has 0 aromatic heterocycles. The second-order valence-corrected chi connectivity index (χ2v) is 10.8. The van der Waals surface area contributed by atoms with Crippen molar-refractivity contribution >= 4 is 15.9 Å². The number of nitrogens with zero attached hydrogens (tertiary/aromatic N) is 1. The molecule has 1 N–H and O–H groups in total. The van der Waals surface area contributed by atoms with Crippen LogP contribution in [-0.2, 0) is 14.8 Å². The Morgan fingerprint density at radius 2 is 1.76 bits per heavy atom. The molecule has 0 unspecified atom stereocenters. The number of amides is 1. The maximum atomic E-state index is 13.4. The van der Waals surface area contributed by atoms with E-state index in [4.69, 9.17) is 4.74 Å². The summed E-state index contributed by atoms with van der Waals surface area (Å²) < 4.78 is 58.8. The van der Waals surface area contributed by atoms with Crippen LogP contribution >= 0.6 is 0 Å². The van der Waals surface area contributed by atoms with Crippen LogP contribution in [0.2, 0.25) is 0 Å². The van der Waals surface area contributed by atoms with E-state index in [1.54, 1.807) is 12.1 Å². The Morgan fingerprint density at radius 1 is 1.09 bits per heavy atom. The van der Waals surface area contributed by atoms with Crippen LogP contribution in [0, 0.1) is 17.0 Å². The maximum absolute atomic E-state index is 13.4. The zero-order chi connectivity index (χ0) is 24.1. The van der Waals surface area contributed by atoms with Crippen molar-refractivity contribution in [3.8, 4) is 5.75 Å². The van der Waals surface area contributed by atoms with Gasteiger partial charge in [0.05, 0.1) is 11.5 Å². The molecule has 0 bridgehead atoms. The van der Waals surface area contributed by atoms with Gasteiger partial charge in [-0.2, -0.15) is 4.31 Å². The molecule has 0 saturated carbocycles. The summed E-state index contributed by atoms with van der Waals surface area (Å²) in [5.74, 6) is -0.421. The predicted octanol–water partition coefficient (Wildman–Crippen LogP) is 4.12. The molecule has 33 heavy (non-hydrogen) atoms. The topological polar surface area (TPSA) is 75.7 Å². The molecule has 1 aliphatic heterocycles. The number of halogens is 2. The fourth-order valence-electron chi connectivity index (χ4n) is 3.75. The molecule has 0 atom stereocenters. The number of sulfonamides is 1. The minimum Gasteiger partial charge on any atom is -0.494 e. The van der Waals surface area contributed by atoms with E-state index in [9.17, 15) is 22.0 Å². The third kappa shape index (κ3) is 6.74. The molecule has 9 heteroatoms. The lowest BCUT2D eigenvalue weighted by molar-refractivity contribution is -0.130. The van der Waals surface area contributed by atoms with Crippen molar-refractivity contribution in [1.29, 1.82) is 0 Å². The van der Waals surface area contributed by atoms with Gasteiger partial charge < -0.3 is 10.1 Å². The van der Waals surface area contributed by atoms with Crippen molar-refractivity contribution in [3.63, 3.8) is 0 Å². The summed E-state index contributed by atoms with van der Waals surface area (Å²) in [7, 11) is -3.76. The van der Waals surface area contributed by atoms with Crippen LogP contribution in [-0.4, -0.2) is 44.4 Å². The highest BCUT2D eigenvalue weighted by Gasteiger charge is 2.33. The third-order valence-electron chi connectivity index (χ3n) is 5.87. The van der Waals surface area contributed by atoms with Gasteiger partial charge >= 0.3 is 0 Å². The lowest BCUT2D eigenvalue weighted by Gasteiger charge is -2.33. The Morgan fingerprint density at radius 3 is 2.39 bits per heavy atom. The van der Waals surface area contributed by atoms with Gasteiger partial charge in [-0.05, 0) is 68.1 Å². The molecule has 1 aliphatic rings. The molecule has 1 saturated heterocycles. The molecule has 1 fully saturated rings. The van der Waals surface area contributed by atoms with Gasteiger partial charge in [0.15, 0.2) is 0 Å². The molecule has 0 aliphatic carbocycles. The smallest absolute Gasteiger partial charge is 0.243 e. The molecule has 0 spiro atoms. The van der Waals surface area contributed by atoms with Crippen molar-refractivity contribution in [3.05, 3.63) is 60.2 Å². The Hall–Kier alpha value is -2.52. The molecule has 3 rings (SSSR count). The van der Waals surface area contributed by atoms with Gasteiger partial charge in [0.25, 0.3) is 0 Å². The molecule has 180 valence electrons. The van der Waals surface area contributed by atoms with Crippen LogP contribution in [0.15, 0.2) is 53.4 Å². The number of nitrogens with one attached hydrogen (secondary N) is 1. The summed E-state index contributed by atoms with van der Waals surface area (Å²) >= 11 is 0. The monoisotopic (exact) mass is 480 g/mol. The predicted molar refractivity (Wildman–Crippen MR) is 121 cm³/mol. The fourth-order valence-corrected chi connectivity index (χ4v) is 5.25. The summed E-state index contributed by atoms with van der Waals surface area (Å²) in [6.07, 6.45) is 2.24. The molecule has 6 nitrogen and oxygen atoms in total. The van der Waals surface area contributed by atoms with Crippen LogP contribution < -0.4 is 10.1 Å². The van der Waals surface area contributed by atoms with Crippen LogP contribution in [0.4, 0.5) is 8.78 Å². The highest BCUT2D eigenvalue weighted by Crippen LogP contribution is 2.25. The van der Waals surface area contributed by atoms with E-state index >= 15 is 0 Å². The number of hydrogen-bond donors (Lipinski definition) is 1. The molecule has 2 aromatic carbocycles. The van der Waals surface area contributed by atoms with E-state index in [1.165, 1.54) is 34.6 Å². The minimum atomic E-state index is -3.76. The van der Waals surface area contributed by atoms with E-state index in [-0.39, 0.29) is 35.8 Å². The molecule has 2 aromatic rings. The Balaban J connectivity index is 1.44. The molecular weight excluding hydrogens is 450 g/mol. The Kier molecular flexibility index (Phi) is 8.07. The second-order valence-electron chi connectivity index (χ2n) is 8.90. The fraction of sp³-hybridized carbons (Fsp3) is 0.458. The summed E-state index contributed by atoms with van der Waals surface area (Å²) in [5.41, 5.74) is -0.614. The van der Waals surface area contributed by atoms with Gasteiger partial charge in [-0.3, -0.25) is 4.79 Å².